The normalized spacial score (nSPS) is 11.6. The van der Waals surface area contributed by atoms with E-state index < -0.39 is 5.69 Å². The van der Waals surface area contributed by atoms with Crippen LogP contribution in [0.4, 0.5) is 0 Å². The molecular formula is C17H18N4O2S. The third-order valence-corrected chi connectivity index (χ3v) is 4.55. The molecule has 124 valence electrons. The summed E-state index contributed by atoms with van der Waals surface area (Å²) in [6.45, 7) is 5.54. The maximum atomic E-state index is 12.2. The van der Waals surface area contributed by atoms with Crippen LogP contribution in [0.5, 0.6) is 0 Å². The highest BCUT2D eigenvalue weighted by Crippen LogP contribution is 2.21. The molecule has 0 saturated carbocycles. The number of nitriles is 1. The van der Waals surface area contributed by atoms with Gasteiger partial charge in [0.15, 0.2) is 0 Å². The van der Waals surface area contributed by atoms with Crippen LogP contribution in [0.25, 0.3) is 0 Å². The summed E-state index contributed by atoms with van der Waals surface area (Å²) in [6.07, 6.45) is 0. The smallest absolute Gasteiger partial charge is 0.346 e. The fraction of sp³-hybridized carbons (Fsp3) is 0.294. The summed E-state index contributed by atoms with van der Waals surface area (Å²) in [5.74, 6) is -0.0970. The largest absolute Gasteiger partial charge is 0.349 e. The Morgan fingerprint density at radius 2 is 2.12 bits per heavy atom. The van der Waals surface area contributed by atoms with E-state index >= 15 is 0 Å². The molecule has 6 nitrogen and oxygen atoms in total. The second-order valence-electron chi connectivity index (χ2n) is 5.39. The van der Waals surface area contributed by atoms with Crippen LogP contribution >= 0.6 is 11.8 Å². The second-order valence-corrected chi connectivity index (χ2v) is 6.36. The van der Waals surface area contributed by atoms with Crippen molar-refractivity contribution in [1.82, 2.24) is 15.3 Å². The predicted molar refractivity (Wildman–Crippen MR) is 92.8 cm³/mol. The molecule has 1 atom stereocenters. The van der Waals surface area contributed by atoms with E-state index in [1.54, 1.807) is 6.92 Å². The van der Waals surface area contributed by atoms with Gasteiger partial charge in [0, 0.05) is 5.69 Å². The zero-order valence-corrected chi connectivity index (χ0v) is 14.5. The minimum absolute atomic E-state index is 0.0841. The molecule has 0 fully saturated rings. The maximum absolute atomic E-state index is 12.2. The van der Waals surface area contributed by atoms with E-state index in [-0.39, 0.29) is 22.7 Å². The number of benzene rings is 1. The number of thioether (sulfide) groups is 1. The van der Waals surface area contributed by atoms with Crippen molar-refractivity contribution in [2.24, 2.45) is 0 Å². The molecule has 7 heteroatoms. The number of hydrogen-bond donors (Lipinski definition) is 2. The van der Waals surface area contributed by atoms with Crippen molar-refractivity contribution in [3.63, 3.8) is 0 Å². The fourth-order valence-corrected chi connectivity index (χ4v) is 3.20. The Balaban J connectivity index is 2.03. The lowest BCUT2D eigenvalue weighted by Crippen LogP contribution is -2.28. The number of aromatic nitrogens is 2. The highest BCUT2D eigenvalue weighted by molar-refractivity contribution is 8.00. The van der Waals surface area contributed by atoms with Gasteiger partial charge in [-0.15, -0.1) is 0 Å². The van der Waals surface area contributed by atoms with Crippen molar-refractivity contribution in [2.45, 2.75) is 31.8 Å². The highest BCUT2D eigenvalue weighted by Gasteiger charge is 2.14. The molecule has 0 radical (unpaired) electrons. The van der Waals surface area contributed by atoms with E-state index in [0.717, 1.165) is 22.9 Å². The number of carbonyl (C=O) groups excluding carboxylic acids is 1. The van der Waals surface area contributed by atoms with Gasteiger partial charge in [-0.05, 0) is 31.9 Å². The van der Waals surface area contributed by atoms with Crippen molar-refractivity contribution in [2.75, 3.05) is 5.75 Å². The number of amides is 1. The van der Waals surface area contributed by atoms with E-state index in [4.69, 9.17) is 5.26 Å². The molecule has 0 aliphatic heterocycles. The number of nitrogens with one attached hydrogen (secondary N) is 2. The van der Waals surface area contributed by atoms with E-state index in [0.29, 0.717) is 11.3 Å². The van der Waals surface area contributed by atoms with Gasteiger partial charge in [0.2, 0.25) is 5.91 Å². The van der Waals surface area contributed by atoms with E-state index in [1.165, 1.54) is 0 Å². The molecule has 24 heavy (non-hydrogen) atoms. The van der Waals surface area contributed by atoms with Crippen LogP contribution in [-0.2, 0) is 4.79 Å². The minimum Gasteiger partial charge on any atom is -0.349 e. The second kappa shape index (κ2) is 7.79. The Hall–Kier alpha value is -2.59. The molecule has 1 unspecified atom stereocenters. The Labute approximate surface area is 144 Å². The first-order valence-electron chi connectivity index (χ1n) is 7.41. The van der Waals surface area contributed by atoms with Crippen LogP contribution in [0.2, 0.25) is 0 Å². The van der Waals surface area contributed by atoms with E-state index in [1.807, 2.05) is 44.2 Å². The quantitative estimate of drug-likeness (QED) is 0.641. The molecule has 0 saturated heterocycles. The molecule has 2 rings (SSSR count). The summed E-state index contributed by atoms with van der Waals surface area (Å²) in [7, 11) is 0. The van der Waals surface area contributed by atoms with Crippen molar-refractivity contribution in [3.8, 4) is 6.07 Å². The molecule has 0 aliphatic carbocycles. The topological polar surface area (TPSA) is 98.6 Å². The molecule has 0 bridgehead atoms. The van der Waals surface area contributed by atoms with Gasteiger partial charge in [-0.2, -0.15) is 10.2 Å². The summed E-state index contributed by atoms with van der Waals surface area (Å²) >= 11 is 1.08. The SMILES string of the molecule is Cc1ccccc1C(C)NC(=O)CSc1nc(=O)[nH]c(C)c1C#N. The Kier molecular flexibility index (Phi) is 5.77. The molecular weight excluding hydrogens is 324 g/mol. The molecule has 1 amide bonds. The van der Waals surface area contributed by atoms with Crippen molar-refractivity contribution < 1.29 is 4.79 Å². The Bertz CT molecular complexity index is 854. The van der Waals surface area contributed by atoms with Gasteiger partial charge in [0.05, 0.1) is 11.8 Å². The van der Waals surface area contributed by atoms with Crippen LogP contribution in [0.3, 0.4) is 0 Å². The summed E-state index contributed by atoms with van der Waals surface area (Å²) in [5, 5.41) is 12.3. The van der Waals surface area contributed by atoms with Gasteiger partial charge in [0.1, 0.15) is 16.7 Å². The molecule has 1 heterocycles. The average Bonchev–Trinajstić information content (AvgIpc) is 2.52. The number of hydrogen-bond acceptors (Lipinski definition) is 5. The van der Waals surface area contributed by atoms with Crippen LogP contribution in [0.1, 0.15) is 35.3 Å². The maximum Gasteiger partial charge on any atom is 0.346 e. The Morgan fingerprint density at radius 1 is 1.42 bits per heavy atom. The Morgan fingerprint density at radius 3 is 2.79 bits per heavy atom. The predicted octanol–water partition coefficient (Wildman–Crippen LogP) is 2.23. The lowest BCUT2D eigenvalue weighted by Gasteiger charge is -2.16. The third kappa shape index (κ3) is 4.24. The number of nitrogens with zero attached hydrogens (tertiary/aromatic N) is 2. The van der Waals surface area contributed by atoms with Crippen LogP contribution in [0.15, 0.2) is 34.1 Å². The summed E-state index contributed by atoms with van der Waals surface area (Å²) < 4.78 is 0. The van der Waals surface area contributed by atoms with E-state index in [2.05, 4.69) is 15.3 Å². The van der Waals surface area contributed by atoms with Crippen LogP contribution < -0.4 is 11.0 Å². The molecule has 1 aromatic carbocycles. The zero-order chi connectivity index (χ0) is 17.7. The zero-order valence-electron chi connectivity index (χ0n) is 13.7. The average molecular weight is 342 g/mol. The minimum atomic E-state index is -0.525. The first-order chi connectivity index (χ1) is 11.4. The first kappa shape index (κ1) is 17.8. The van der Waals surface area contributed by atoms with Crippen molar-refractivity contribution in [1.29, 1.82) is 5.26 Å². The van der Waals surface area contributed by atoms with E-state index in [9.17, 15) is 9.59 Å². The monoisotopic (exact) mass is 342 g/mol. The lowest BCUT2D eigenvalue weighted by molar-refractivity contribution is -0.119. The molecule has 2 aromatic rings. The molecule has 0 spiro atoms. The molecule has 2 N–H and O–H groups in total. The van der Waals surface area contributed by atoms with Gasteiger partial charge in [-0.3, -0.25) is 4.79 Å². The molecule has 0 aliphatic rings. The van der Waals surface area contributed by atoms with Gasteiger partial charge in [-0.25, -0.2) is 4.79 Å². The van der Waals surface area contributed by atoms with Crippen LogP contribution in [-0.4, -0.2) is 21.6 Å². The van der Waals surface area contributed by atoms with Crippen molar-refractivity contribution in [3.05, 3.63) is 57.1 Å². The third-order valence-electron chi connectivity index (χ3n) is 3.57. The summed E-state index contributed by atoms with van der Waals surface area (Å²) in [6, 6.07) is 9.74. The number of H-pyrrole nitrogens is 1. The van der Waals surface area contributed by atoms with Gasteiger partial charge in [-0.1, -0.05) is 36.0 Å². The first-order valence-corrected chi connectivity index (χ1v) is 8.39. The van der Waals surface area contributed by atoms with Gasteiger partial charge < -0.3 is 10.3 Å². The lowest BCUT2D eigenvalue weighted by atomic mass is 10.0. The van der Waals surface area contributed by atoms with Crippen LogP contribution in [0, 0.1) is 25.2 Å². The number of rotatable bonds is 5. The number of aryl methyl sites for hydroxylation is 2. The van der Waals surface area contributed by atoms with Crippen molar-refractivity contribution >= 4 is 17.7 Å². The highest BCUT2D eigenvalue weighted by atomic mass is 32.2. The number of carbonyl (C=O) groups is 1. The van der Waals surface area contributed by atoms with Gasteiger partial charge in [0.25, 0.3) is 0 Å². The number of aromatic amines is 1. The standard InChI is InChI=1S/C17H18N4O2S/c1-10-6-4-5-7-13(10)11(2)19-15(22)9-24-16-14(8-18)12(3)20-17(23)21-16/h4-7,11H,9H2,1-3H3,(H,19,22)(H,20,21,23). The fourth-order valence-electron chi connectivity index (χ4n) is 2.36. The molecule has 1 aromatic heterocycles. The summed E-state index contributed by atoms with van der Waals surface area (Å²) in [4.78, 5) is 29.8. The summed E-state index contributed by atoms with van der Waals surface area (Å²) in [5.41, 5.74) is 2.38. The van der Waals surface area contributed by atoms with Gasteiger partial charge >= 0.3 is 5.69 Å².